The molecular weight excluding hydrogens is 574 g/mol. The first-order valence-corrected chi connectivity index (χ1v) is 15.2. The van der Waals surface area contributed by atoms with E-state index < -0.39 is 23.3 Å². The summed E-state index contributed by atoms with van der Waals surface area (Å²) in [6.45, 7) is 5.88. The fourth-order valence-corrected chi connectivity index (χ4v) is 5.19. The second-order valence-corrected chi connectivity index (χ2v) is 11.1. The Kier molecular flexibility index (Phi) is 10.1. The van der Waals surface area contributed by atoms with Gasteiger partial charge in [-0.1, -0.05) is 80.4 Å². The van der Waals surface area contributed by atoms with Crippen molar-refractivity contribution in [2.45, 2.75) is 51.6 Å². The Morgan fingerprint density at radius 2 is 1.33 bits per heavy atom. The lowest BCUT2D eigenvalue weighted by molar-refractivity contribution is -0.185. The van der Waals surface area contributed by atoms with Crippen LogP contribution in [0.4, 0.5) is 17.6 Å². The lowest BCUT2D eigenvalue weighted by Crippen LogP contribution is -2.21. The van der Waals surface area contributed by atoms with Crippen molar-refractivity contribution in [1.29, 1.82) is 0 Å². The molecule has 0 bridgehead atoms. The Balaban J connectivity index is 1.25. The third kappa shape index (κ3) is 7.88. The van der Waals surface area contributed by atoms with Gasteiger partial charge in [0.1, 0.15) is 17.4 Å². The molecule has 230 valence electrons. The Hall–Kier alpha value is -4.71. The maximum Gasteiger partial charge on any atom is 0.426 e. The van der Waals surface area contributed by atoms with Gasteiger partial charge < -0.3 is 4.74 Å². The molecule has 0 N–H and O–H groups in total. The summed E-state index contributed by atoms with van der Waals surface area (Å²) < 4.78 is 65.2. The van der Waals surface area contributed by atoms with Crippen molar-refractivity contribution in [2.24, 2.45) is 0 Å². The van der Waals surface area contributed by atoms with E-state index in [-0.39, 0.29) is 16.9 Å². The largest absolute Gasteiger partial charge is 0.429 e. The molecule has 0 spiro atoms. The predicted octanol–water partition coefficient (Wildman–Crippen LogP) is 11.3. The standard InChI is InChI=1S/C39H35F4NO/c1-3-5-7-9-28-12-23-38(44-26-28)31-17-21-34(36(40)24-31)30-15-18-32(19-16-30)39(42,43)45-33-20-22-35(37(41)25-33)29-13-10-27(11-14-29)8-6-4-2/h4,10-26H,2-3,5-9H2,1H3. The highest BCUT2D eigenvalue weighted by Crippen LogP contribution is 2.36. The van der Waals surface area contributed by atoms with Crippen LogP contribution in [-0.4, -0.2) is 4.98 Å². The zero-order valence-corrected chi connectivity index (χ0v) is 25.2. The van der Waals surface area contributed by atoms with Gasteiger partial charge in [-0.3, -0.25) is 4.98 Å². The summed E-state index contributed by atoms with van der Waals surface area (Å²) in [5.41, 5.74) is 4.73. The second kappa shape index (κ2) is 14.4. The third-order valence-corrected chi connectivity index (χ3v) is 7.78. The van der Waals surface area contributed by atoms with Crippen LogP contribution >= 0.6 is 0 Å². The summed E-state index contributed by atoms with van der Waals surface area (Å²) in [7, 11) is 0. The monoisotopic (exact) mass is 609 g/mol. The van der Waals surface area contributed by atoms with Gasteiger partial charge in [-0.15, -0.1) is 6.58 Å². The molecule has 0 aliphatic heterocycles. The Bertz CT molecular complexity index is 1730. The van der Waals surface area contributed by atoms with Gasteiger partial charge in [-0.05, 0) is 84.3 Å². The number of unbranched alkanes of at least 4 members (excludes halogenated alkanes) is 2. The molecule has 6 heteroatoms. The molecule has 2 nitrogen and oxygen atoms in total. The van der Waals surface area contributed by atoms with Crippen LogP contribution in [0.15, 0.2) is 116 Å². The molecule has 0 atom stereocenters. The maximum absolute atomic E-state index is 15.2. The lowest BCUT2D eigenvalue weighted by atomic mass is 10.00. The van der Waals surface area contributed by atoms with E-state index in [4.69, 9.17) is 4.74 Å². The average molecular weight is 610 g/mol. The summed E-state index contributed by atoms with van der Waals surface area (Å²) in [5.74, 6) is -1.47. The smallest absolute Gasteiger partial charge is 0.426 e. The normalized spacial score (nSPS) is 11.4. The molecular formula is C39H35F4NO. The van der Waals surface area contributed by atoms with E-state index in [1.165, 1.54) is 48.9 Å². The molecule has 1 aromatic heterocycles. The fraction of sp³-hybridized carbons (Fsp3) is 0.205. The van der Waals surface area contributed by atoms with Crippen LogP contribution in [0.25, 0.3) is 33.5 Å². The zero-order valence-electron chi connectivity index (χ0n) is 25.2. The van der Waals surface area contributed by atoms with Crippen LogP contribution < -0.4 is 4.74 Å². The number of nitrogens with zero attached hydrogens (tertiary/aromatic N) is 1. The molecule has 0 fully saturated rings. The number of ether oxygens (including phenoxy) is 1. The topological polar surface area (TPSA) is 22.1 Å². The van der Waals surface area contributed by atoms with E-state index >= 15 is 13.2 Å². The van der Waals surface area contributed by atoms with E-state index in [0.717, 1.165) is 49.3 Å². The summed E-state index contributed by atoms with van der Waals surface area (Å²) in [4.78, 5) is 4.49. The SMILES string of the molecule is C=CCCc1ccc(-c2ccc(OC(F)(F)c3ccc(-c4ccc(-c5ccc(CCCCC)cn5)cc4F)cc3)cc2F)cc1. The van der Waals surface area contributed by atoms with Crippen molar-refractivity contribution in [2.75, 3.05) is 0 Å². The molecule has 4 aromatic carbocycles. The summed E-state index contributed by atoms with van der Waals surface area (Å²) >= 11 is 0. The number of pyridine rings is 1. The van der Waals surface area contributed by atoms with Crippen molar-refractivity contribution < 1.29 is 22.3 Å². The van der Waals surface area contributed by atoms with Crippen LogP contribution in [-0.2, 0) is 19.0 Å². The molecule has 5 aromatic rings. The van der Waals surface area contributed by atoms with Crippen molar-refractivity contribution in [1.82, 2.24) is 4.98 Å². The van der Waals surface area contributed by atoms with E-state index in [2.05, 4.69) is 18.5 Å². The van der Waals surface area contributed by atoms with Gasteiger partial charge in [0.05, 0.1) is 11.3 Å². The van der Waals surface area contributed by atoms with Gasteiger partial charge in [0, 0.05) is 29.0 Å². The minimum atomic E-state index is -3.74. The molecule has 5 rings (SSSR count). The van der Waals surface area contributed by atoms with E-state index in [9.17, 15) is 4.39 Å². The van der Waals surface area contributed by atoms with Gasteiger partial charge in [-0.2, -0.15) is 8.78 Å². The number of hydrogen-bond donors (Lipinski definition) is 0. The fourth-order valence-electron chi connectivity index (χ4n) is 5.19. The van der Waals surface area contributed by atoms with Gasteiger partial charge >= 0.3 is 6.11 Å². The van der Waals surface area contributed by atoms with Gasteiger partial charge in [0.15, 0.2) is 0 Å². The van der Waals surface area contributed by atoms with Crippen molar-refractivity contribution in [3.8, 4) is 39.3 Å². The number of aromatic nitrogens is 1. The van der Waals surface area contributed by atoms with Crippen LogP contribution in [0.1, 0.15) is 49.3 Å². The molecule has 0 unspecified atom stereocenters. The Morgan fingerprint density at radius 3 is 1.93 bits per heavy atom. The number of hydrogen-bond acceptors (Lipinski definition) is 2. The Morgan fingerprint density at radius 1 is 0.711 bits per heavy atom. The summed E-state index contributed by atoms with van der Waals surface area (Å²) in [6, 6.07) is 25.0. The first kappa shape index (κ1) is 31.7. The number of halogens is 4. The van der Waals surface area contributed by atoms with E-state index in [0.29, 0.717) is 22.4 Å². The van der Waals surface area contributed by atoms with Gasteiger partial charge in [-0.25, -0.2) is 8.78 Å². The summed E-state index contributed by atoms with van der Waals surface area (Å²) in [5, 5.41) is 0. The van der Waals surface area contributed by atoms with Crippen molar-refractivity contribution >= 4 is 0 Å². The zero-order chi connectivity index (χ0) is 31.8. The maximum atomic E-state index is 15.2. The molecule has 1 heterocycles. The number of benzene rings is 4. The number of allylic oxidation sites excluding steroid dienone is 1. The average Bonchev–Trinajstić information content (AvgIpc) is 3.04. The quantitative estimate of drug-likeness (QED) is 0.0753. The van der Waals surface area contributed by atoms with Crippen LogP contribution in [0.5, 0.6) is 5.75 Å². The minimum Gasteiger partial charge on any atom is -0.429 e. The molecule has 0 radical (unpaired) electrons. The molecule has 0 aliphatic rings. The molecule has 0 saturated carbocycles. The molecule has 45 heavy (non-hydrogen) atoms. The van der Waals surface area contributed by atoms with Gasteiger partial charge in [0.25, 0.3) is 0 Å². The highest BCUT2D eigenvalue weighted by Gasteiger charge is 2.34. The first-order chi connectivity index (χ1) is 21.8. The molecule has 0 aliphatic carbocycles. The highest BCUT2D eigenvalue weighted by atomic mass is 19.3. The van der Waals surface area contributed by atoms with Crippen LogP contribution in [0.2, 0.25) is 0 Å². The van der Waals surface area contributed by atoms with E-state index in [1.807, 2.05) is 36.5 Å². The predicted molar refractivity (Wildman–Crippen MR) is 173 cm³/mol. The number of rotatable bonds is 13. The van der Waals surface area contributed by atoms with Crippen LogP contribution in [0, 0.1) is 11.6 Å². The number of aryl methyl sites for hydroxylation is 2. The second-order valence-electron chi connectivity index (χ2n) is 11.1. The van der Waals surface area contributed by atoms with Crippen LogP contribution in [0.3, 0.4) is 0 Å². The number of alkyl halides is 2. The molecule has 0 saturated heterocycles. The first-order valence-electron chi connectivity index (χ1n) is 15.2. The summed E-state index contributed by atoms with van der Waals surface area (Å²) in [6.07, 6.45) is 5.99. The van der Waals surface area contributed by atoms with Gasteiger partial charge in [0.2, 0.25) is 0 Å². The molecule has 0 amide bonds. The minimum absolute atomic E-state index is 0.275. The third-order valence-electron chi connectivity index (χ3n) is 7.78. The van der Waals surface area contributed by atoms with E-state index in [1.54, 1.807) is 24.3 Å². The van der Waals surface area contributed by atoms with Crippen molar-refractivity contribution in [3.05, 3.63) is 144 Å². The highest BCUT2D eigenvalue weighted by molar-refractivity contribution is 5.70. The van der Waals surface area contributed by atoms with Crippen molar-refractivity contribution in [3.63, 3.8) is 0 Å². The Labute approximate surface area is 262 Å². The lowest BCUT2D eigenvalue weighted by Gasteiger charge is -2.19.